The largest absolute Gasteiger partial charge is 0.383 e. The smallest absolute Gasteiger partial charge is 0.157 e. The summed E-state index contributed by atoms with van der Waals surface area (Å²) in [5.74, 6) is 0.656. The number of nitrogens with two attached hydrogens (primary N) is 1. The molecule has 4 nitrogen and oxygen atoms in total. The van der Waals surface area contributed by atoms with Crippen LogP contribution in [0.5, 0.6) is 0 Å². The maximum Gasteiger partial charge on any atom is 0.157 e. The third kappa shape index (κ3) is 1.15. The van der Waals surface area contributed by atoms with Crippen LogP contribution in [0.25, 0.3) is 0 Å². The van der Waals surface area contributed by atoms with Crippen molar-refractivity contribution < 1.29 is 0 Å². The van der Waals surface area contributed by atoms with Crippen molar-refractivity contribution in [2.45, 2.75) is 13.8 Å². The second-order valence-electron chi connectivity index (χ2n) is 3.21. The number of pyridine rings is 1. The van der Waals surface area contributed by atoms with Gasteiger partial charge in [0.1, 0.15) is 9.54 Å². The molecule has 0 saturated carbocycles. The first-order valence-electron chi connectivity index (χ1n) is 4.12. The summed E-state index contributed by atoms with van der Waals surface area (Å²) in [6.45, 7) is 3.89. The number of hydrogen-bond acceptors (Lipinski definition) is 3. The number of nitrogens with one attached hydrogen (secondary N) is 1. The van der Waals surface area contributed by atoms with Crippen LogP contribution in [-0.2, 0) is 0 Å². The molecule has 5 heteroatoms. The summed E-state index contributed by atoms with van der Waals surface area (Å²) in [5, 5.41) is 7.66. The number of fused-ring (bicyclic) bond motifs is 1. The summed E-state index contributed by atoms with van der Waals surface area (Å²) in [5.41, 5.74) is 9.37. The Balaban J connectivity index is 2.86. The van der Waals surface area contributed by atoms with Gasteiger partial charge in [0.25, 0.3) is 0 Å². The number of amidine groups is 2. The zero-order valence-corrected chi connectivity index (χ0v) is 10.0. The van der Waals surface area contributed by atoms with Crippen LogP contribution >= 0.6 is 22.6 Å². The first-order valence-corrected chi connectivity index (χ1v) is 5.20. The van der Waals surface area contributed by atoms with Gasteiger partial charge in [-0.3, -0.25) is 5.41 Å². The fraction of sp³-hybridized carbons (Fsp3) is 0.222. The van der Waals surface area contributed by atoms with Gasteiger partial charge in [-0.05, 0) is 42.0 Å². The third-order valence-corrected chi connectivity index (χ3v) is 3.15. The van der Waals surface area contributed by atoms with Crippen molar-refractivity contribution in [1.29, 1.82) is 5.41 Å². The number of nitrogens with zero attached hydrogens (tertiary/aromatic N) is 2. The molecule has 0 fully saturated rings. The Morgan fingerprint density at radius 2 is 1.93 bits per heavy atom. The van der Waals surface area contributed by atoms with Crippen LogP contribution in [0.2, 0.25) is 0 Å². The monoisotopic (exact) mass is 300 g/mol. The van der Waals surface area contributed by atoms with Crippen molar-refractivity contribution in [1.82, 2.24) is 4.98 Å². The van der Waals surface area contributed by atoms with Gasteiger partial charge >= 0.3 is 0 Å². The second-order valence-corrected chi connectivity index (χ2v) is 4.23. The maximum atomic E-state index is 7.66. The highest BCUT2D eigenvalue weighted by Gasteiger charge is 2.25. The van der Waals surface area contributed by atoms with E-state index in [-0.39, 0.29) is 5.84 Å². The van der Waals surface area contributed by atoms with Gasteiger partial charge in [-0.2, -0.15) is 0 Å². The molecule has 2 rings (SSSR count). The van der Waals surface area contributed by atoms with Gasteiger partial charge in [0.05, 0.1) is 5.56 Å². The minimum Gasteiger partial charge on any atom is -0.383 e. The van der Waals surface area contributed by atoms with Crippen molar-refractivity contribution in [2.75, 3.05) is 0 Å². The summed E-state index contributed by atoms with van der Waals surface area (Å²) >= 11 is 2.11. The molecule has 0 spiro atoms. The predicted octanol–water partition coefficient (Wildman–Crippen LogP) is 1.35. The van der Waals surface area contributed by atoms with E-state index < -0.39 is 0 Å². The molecule has 0 aromatic carbocycles. The summed E-state index contributed by atoms with van der Waals surface area (Å²) in [6.07, 6.45) is 0. The number of aromatic nitrogens is 1. The summed E-state index contributed by atoms with van der Waals surface area (Å²) < 4.78 is 0.801. The van der Waals surface area contributed by atoms with Crippen LogP contribution in [0.3, 0.4) is 0 Å². The highest BCUT2D eigenvalue weighted by Crippen LogP contribution is 2.25. The zero-order valence-electron chi connectivity index (χ0n) is 7.85. The van der Waals surface area contributed by atoms with E-state index in [0.717, 1.165) is 26.1 Å². The molecule has 0 atom stereocenters. The number of hydrogen-bond donors (Lipinski definition) is 2. The Morgan fingerprint density at radius 1 is 1.29 bits per heavy atom. The fourth-order valence-electron chi connectivity index (χ4n) is 1.53. The number of aryl methyl sites for hydroxylation is 1. The molecule has 0 saturated heterocycles. The van der Waals surface area contributed by atoms with Gasteiger partial charge in [-0.1, -0.05) is 0 Å². The SMILES string of the molecule is Cc1nc(I)c2c(c1C)C(N)=NC2=N. The fourth-order valence-corrected chi connectivity index (χ4v) is 2.41. The molecule has 14 heavy (non-hydrogen) atoms. The van der Waals surface area contributed by atoms with Crippen LogP contribution in [0.1, 0.15) is 22.4 Å². The van der Waals surface area contributed by atoms with Gasteiger partial charge in [-0.15, -0.1) is 0 Å². The number of aliphatic imine (C=N–C) groups is 1. The number of halogens is 1. The van der Waals surface area contributed by atoms with Gasteiger partial charge in [0.2, 0.25) is 0 Å². The van der Waals surface area contributed by atoms with Crippen molar-refractivity contribution in [2.24, 2.45) is 10.7 Å². The lowest BCUT2D eigenvalue weighted by atomic mass is 10.0. The molecule has 1 aromatic rings. The van der Waals surface area contributed by atoms with Gasteiger partial charge in [0.15, 0.2) is 5.84 Å². The van der Waals surface area contributed by atoms with Crippen molar-refractivity contribution in [3.05, 3.63) is 26.1 Å². The molecule has 0 bridgehead atoms. The molecular weight excluding hydrogens is 291 g/mol. The Kier molecular flexibility index (Phi) is 2.06. The topological polar surface area (TPSA) is 75.1 Å². The van der Waals surface area contributed by atoms with E-state index >= 15 is 0 Å². The van der Waals surface area contributed by atoms with Crippen LogP contribution in [0.15, 0.2) is 4.99 Å². The maximum absolute atomic E-state index is 7.66. The standard InChI is InChI=1S/C9H9IN4/c1-3-4(2)13-7(10)6-5(3)8(11)14-9(6)12/h1-2H3,(H3,11,12,14). The Hall–Kier alpha value is -0.980. The Bertz CT molecular complexity index is 476. The van der Waals surface area contributed by atoms with Gasteiger partial charge in [-0.25, -0.2) is 9.98 Å². The lowest BCUT2D eigenvalue weighted by Gasteiger charge is -2.08. The first-order chi connectivity index (χ1) is 6.52. The molecule has 0 unspecified atom stereocenters. The molecule has 2 heterocycles. The molecule has 0 amide bonds. The third-order valence-electron chi connectivity index (χ3n) is 2.37. The van der Waals surface area contributed by atoms with Crippen molar-refractivity contribution in [3.63, 3.8) is 0 Å². The van der Waals surface area contributed by atoms with E-state index in [1.165, 1.54) is 0 Å². The lowest BCUT2D eigenvalue weighted by Crippen LogP contribution is -2.14. The Morgan fingerprint density at radius 3 is 2.57 bits per heavy atom. The molecule has 72 valence electrons. The lowest BCUT2D eigenvalue weighted by molar-refractivity contribution is 1.11. The quantitative estimate of drug-likeness (QED) is 0.560. The minimum absolute atomic E-state index is 0.220. The van der Waals surface area contributed by atoms with E-state index in [1.54, 1.807) is 0 Å². The molecule has 3 N–H and O–H groups in total. The summed E-state index contributed by atoms with van der Waals surface area (Å²) in [4.78, 5) is 8.30. The van der Waals surface area contributed by atoms with Gasteiger partial charge < -0.3 is 5.73 Å². The van der Waals surface area contributed by atoms with Crippen molar-refractivity contribution >= 4 is 34.3 Å². The molecule has 0 aliphatic carbocycles. The highest BCUT2D eigenvalue weighted by molar-refractivity contribution is 14.1. The van der Waals surface area contributed by atoms with Gasteiger partial charge in [0, 0.05) is 11.3 Å². The minimum atomic E-state index is 0.220. The highest BCUT2D eigenvalue weighted by atomic mass is 127. The summed E-state index contributed by atoms with van der Waals surface area (Å²) in [7, 11) is 0. The summed E-state index contributed by atoms with van der Waals surface area (Å²) in [6, 6.07) is 0. The molecular formula is C9H9IN4. The second kappa shape index (κ2) is 3.01. The average molecular weight is 300 g/mol. The number of rotatable bonds is 0. The van der Waals surface area contributed by atoms with E-state index in [2.05, 4.69) is 32.6 Å². The van der Waals surface area contributed by atoms with E-state index in [0.29, 0.717) is 5.84 Å². The zero-order chi connectivity index (χ0) is 10.5. The molecule has 1 aliphatic heterocycles. The van der Waals surface area contributed by atoms with Crippen LogP contribution < -0.4 is 5.73 Å². The van der Waals surface area contributed by atoms with Crippen LogP contribution in [-0.4, -0.2) is 16.7 Å². The molecule has 1 aliphatic rings. The Labute approximate surface area is 95.3 Å². The molecule has 0 radical (unpaired) electrons. The first kappa shape index (κ1) is 9.57. The average Bonchev–Trinajstić information content (AvgIpc) is 2.38. The molecule has 1 aromatic heterocycles. The van der Waals surface area contributed by atoms with E-state index in [9.17, 15) is 0 Å². The normalized spacial score (nSPS) is 14.2. The van der Waals surface area contributed by atoms with Crippen LogP contribution in [0.4, 0.5) is 0 Å². The predicted molar refractivity (Wildman–Crippen MR) is 64.0 cm³/mol. The van der Waals surface area contributed by atoms with Crippen LogP contribution in [0, 0.1) is 23.0 Å². The van der Waals surface area contributed by atoms with Crippen molar-refractivity contribution in [3.8, 4) is 0 Å². The van der Waals surface area contributed by atoms with E-state index in [1.807, 2.05) is 13.8 Å². The van der Waals surface area contributed by atoms with E-state index in [4.69, 9.17) is 11.1 Å².